The van der Waals surface area contributed by atoms with Gasteiger partial charge in [-0.2, -0.15) is 0 Å². The van der Waals surface area contributed by atoms with E-state index in [1.807, 2.05) is 20.2 Å². The number of amides is 1. The molecule has 0 fully saturated rings. The molecule has 1 N–H and O–H groups in total. The molecule has 0 aliphatic rings. The number of hydrogen-bond donors (Lipinski definition) is 1. The summed E-state index contributed by atoms with van der Waals surface area (Å²) < 4.78 is 0.837. The summed E-state index contributed by atoms with van der Waals surface area (Å²) in [5.74, 6) is -0.156. The lowest BCUT2D eigenvalue weighted by atomic mass is 10.0. The average Bonchev–Trinajstić information content (AvgIpc) is 2.29. The summed E-state index contributed by atoms with van der Waals surface area (Å²) in [5.41, 5.74) is 0.384. The maximum Gasteiger partial charge on any atom is 0.252 e. The fourth-order valence-corrected chi connectivity index (χ4v) is 1.79. The first kappa shape index (κ1) is 15.5. The molecule has 5 heteroatoms. The van der Waals surface area contributed by atoms with Crippen LogP contribution in [-0.4, -0.2) is 37.0 Å². The van der Waals surface area contributed by atoms with Crippen molar-refractivity contribution in [3.8, 4) is 0 Å². The standard InChI is InChI=1S/C13H18BrClN2O/c1-13(2,17(3)4)8-16-12(18)10-7-9(14)5-6-11(10)15/h5-7H,8H2,1-4H3,(H,16,18). The van der Waals surface area contributed by atoms with Gasteiger partial charge in [0.15, 0.2) is 0 Å². The quantitative estimate of drug-likeness (QED) is 0.918. The third-order valence-corrected chi connectivity index (χ3v) is 3.89. The molecule has 0 aromatic heterocycles. The Morgan fingerprint density at radius 1 is 1.44 bits per heavy atom. The van der Waals surface area contributed by atoms with Crippen LogP contribution in [0.2, 0.25) is 5.02 Å². The Hall–Kier alpha value is -0.580. The molecule has 1 aromatic rings. The number of rotatable bonds is 4. The van der Waals surface area contributed by atoms with Crippen molar-refractivity contribution < 1.29 is 4.79 Å². The fraction of sp³-hybridized carbons (Fsp3) is 0.462. The van der Waals surface area contributed by atoms with Gasteiger partial charge in [0.25, 0.3) is 5.91 Å². The van der Waals surface area contributed by atoms with Gasteiger partial charge >= 0.3 is 0 Å². The molecule has 0 heterocycles. The van der Waals surface area contributed by atoms with Crippen molar-refractivity contribution in [1.29, 1.82) is 0 Å². The van der Waals surface area contributed by atoms with Crippen LogP contribution in [0.4, 0.5) is 0 Å². The lowest BCUT2D eigenvalue weighted by Crippen LogP contribution is -2.48. The Morgan fingerprint density at radius 2 is 2.06 bits per heavy atom. The monoisotopic (exact) mass is 332 g/mol. The molecular weight excluding hydrogens is 316 g/mol. The molecule has 0 radical (unpaired) electrons. The molecule has 0 unspecified atom stereocenters. The number of carbonyl (C=O) groups excluding carboxylic acids is 1. The smallest absolute Gasteiger partial charge is 0.252 e. The second kappa shape index (κ2) is 6.04. The van der Waals surface area contributed by atoms with Crippen molar-refractivity contribution in [3.63, 3.8) is 0 Å². The molecule has 3 nitrogen and oxygen atoms in total. The Kier molecular flexibility index (Phi) is 5.20. The normalized spacial score (nSPS) is 11.7. The van der Waals surface area contributed by atoms with Crippen molar-refractivity contribution in [2.24, 2.45) is 0 Å². The first-order valence-corrected chi connectivity index (χ1v) is 6.82. The molecule has 0 saturated carbocycles. The van der Waals surface area contributed by atoms with E-state index in [1.165, 1.54) is 0 Å². The van der Waals surface area contributed by atoms with Crippen LogP contribution >= 0.6 is 27.5 Å². The van der Waals surface area contributed by atoms with Crippen LogP contribution in [0, 0.1) is 0 Å². The molecule has 1 amide bonds. The molecular formula is C13H18BrClN2O. The van der Waals surface area contributed by atoms with Gasteiger partial charge in [0.05, 0.1) is 10.6 Å². The molecule has 0 saturated heterocycles. The molecule has 0 aliphatic carbocycles. The zero-order chi connectivity index (χ0) is 13.9. The van der Waals surface area contributed by atoms with Crippen molar-refractivity contribution in [2.75, 3.05) is 20.6 Å². The molecule has 0 bridgehead atoms. The lowest BCUT2D eigenvalue weighted by molar-refractivity contribution is 0.0920. The summed E-state index contributed by atoms with van der Waals surface area (Å²) in [4.78, 5) is 14.1. The number of nitrogens with one attached hydrogen (secondary N) is 1. The van der Waals surface area contributed by atoms with Gasteiger partial charge < -0.3 is 10.2 Å². The second-order valence-electron chi connectivity index (χ2n) is 5.01. The number of carbonyl (C=O) groups is 1. The zero-order valence-electron chi connectivity index (χ0n) is 11.1. The highest BCUT2D eigenvalue weighted by Crippen LogP contribution is 2.21. The van der Waals surface area contributed by atoms with E-state index in [4.69, 9.17) is 11.6 Å². The van der Waals surface area contributed by atoms with Crippen molar-refractivity contribution in [1.82, 2.24) is 10.2 Å². The highest BCUT2D eigenvalue weighted by molar-refractivity contribution is 9.10. The van der Waals surface area contributed by atoms with Crippen LogP contribution in [0.25, 0.3) is 0 Å². The fourth-order valence-electron chi connectivity index (χ4n) is 1.22. The summed E-state index contributed by atoms with van der Waals surface area (Å²) in [7, 11) is 3.97. The Bertz CT molecular complexity index is 447. The van der Waals surface area contributed by atoms with E-state index in [2.05, 4.69) is 40.0 Å². The minimum Gasteiger partial charge on any atom is -0.350 e. The van der Waals surface area contributed by atoms with Gasteiger partial charge in [0.1, 0.15) is 0 Å². The van der Waals surface area contributed by atoms with Gasteiger partial charge in [-0.1, -0.05) is 27.5 Å². The summed E-state index contributed by atoms with van der Waals surface area (Å²) in [5, 5.41) is 3.36. The van der Waals surface area contributed by atoms with Crippen LogP contribution in [-0.2, 0) is 0 Å². The molecule has 18 heavy (non-hydrogen) atoms. The van der Waals surface area contributed by atoms with Gasteiger partial charge in [0, 0.05) is 16.6 Å². The van der Waals surface area contributed by atoms with Gasteiger partial charge in [-0.15, -0.1) is 0 Å². The van der Waals surface area contributed by atoms with E-state index < -0.39 is 0 Å². The topological polar surface area (TPSA) is 32.3 Å². The van der Waals surface area contributed by atoms with Crippen molar-refractivity contribution >= 4 is 33.4 Å². The number of hydrogen-bond acceptors (Lipinski definition) is 2. The lowest BCUT2D eigenvalue weighted by Gasteiger charge is -2.32. The van der Waals surface area contributed by atoms with E-state index in [-0.39, 0.29) is 11.4 Å². The highest BCUT2D eigenvalue weighted by atomic mass is 79.9. The van der Waals surface area contributed by atoms with E-state index in [0.29, 0.717) is 17.1 Å². The SMILES string of the molecule is CN(C)C(C)(C)CNC(=O)c1cc(Br)ccc1Cl. The van der Waals surface area contributed by atoms with Gasteiger partial charge in [0.2, 0.25) is 0 Å². The first-order chi connectivity index (χ1) is 8.24. The van der Waals surface area contributed by atoms with Gasteiger partial charge in [-0.25, -0.2) is 0 Å². The van der Waals surface area contributed by atoms with Crippen LogP contribution < -0.4 is 5.32 Å². The van der Waals surface area contributed by atoms with Crippen LogP contribution in [0.15, 0.2) is 22.7 Å². The van der Waals surface area contributed by atoms with E-state index in [1.54, 1.807) is 12.1 Å². The van der Waals surface area contributed by atoms with Crippen LogP contribution in [0.1, 0.15) is 24.2 Å². The summed E-state index contributed by atoms with van der Waals surface area (Å²) in [6.45, 7) is 4.69. The maximum atomic E-state index is 12.1. The third-order valence-electron chi connectivity index (χ3n) is 3.07. The Morgan fingerprint density at radius 3 is 2.61 bits per heavy atom. The number of likely N-dealkylation sites (N-methyl/N-ethyl adjacent to an activating group) is 1. The van der Waals surface area contributed by atoms with Crippen LogP contribution in [0.5, 0.6) is 0 Å². The Labute approximate surface area is 122 Å². The summed E-state index contributed by atoms with van der Waals surface area (Å²) in [6, 6.07) is 5.24. The minimum absolute atomic E-state index is 0.103. The minimum atomic E-state index is -0.156. The maximum absolute atomic E-state index is 12.1. The van der Waals surface area contributed by atoms with Gasteiger partial charge in [-0.05, 0) is 46.1 Å². The van der Waals surface area contributed by atoms with Crippen molar-refractivity contribution in [2.45, 2.75) is 19.4 Å². The molecule has 0 aliphatic heterocycles. The van der Waals surface area contributed by atoms with E-state index in [0.717, 1.165) is 4.47 Å². The predicted molar refractivity (Wildman–Crippen MR) is 79.3 cm³/mol. The predicted octanol–water partition coefficient (Wildman–Crippen LogP) is 3.17. The number of halogens is 2. The van der Waals surface area contributed by atoms with Gasteiger partial charge in [-0.3, -0.25) is 4.79 Å². The first-order valence-electron chi connectivity index (χ1n) is 5.65. The average molecular weight is 334 g/mol. The molecule has 1 rings (SSSR count). The molecule has 100 valence electrons. The van der Waals surface area contributed by atoms with E-state index in [9.17, 15) is 4.79 Å². The molecule has 0 atom stereocenters. The largest absolute Gasteiger partial charge is 0.350 e. The highest BCUT2D eigenvalue weighted by Gasteiger charge is 2.22. The summed E-state index contributed by atoms with van der Waals surface area (Å²) in [6.07, 6.45) is 0. The molecule has 0 spiro atoms. The zero-order valence-corrected chi connectivity index (χ0v) is 13.4. The molecule has 1 aromatic carbocycles. The Balaban J connectivity index is 2.75. The van der Waals surface area contributed by atoms with Crippen LogP contribution in [0.3, 0.4) is 0 Å². The van der Waals surface area contributed by atoms with E-state index >= 15 is 0 Å². The number of benzene rings is 1. The second-order valence-corrected chi connectivity index (χ2v) is 6.34. The number of nitrogens with zero attached hydrogens (tertiary/aromatic N) is 1. The summed E-state index contributed by atoms with van der Waals surface area (Å²) >= 11 is 9.34. The van der Waals surface area contributed by atoms with Crippen molar-refractivity contribution in [3.05, 3.63) is 33.3 Å². The third kappa shape index (κ3) is 3.97.